The van der Waals surface area contributed by atoms with Gasteiger partial charge in [-0.25, -0.2) is 9.18 Å². The third-order valence-corrected chi connectivity index (χ3v) is 12.6. The van der Waals surface area contributed by atoms with Crippen LogP contribution in [0, 0.1) is 37.9 Å². The number of carboxylic acid groups (broad SMARTS) is 1. The summed E-state index contributed by atoms with van der Waals surface area (Å²) in [5.41, 5.74) is 4.64. The minimum atomic E-state index is -3.34. The summed E-state index contributed by atoms with van der Waals surface area (Å²) in [7, 11) is -5.76. The van der Waals surface area contributed by atoms with E-state index in [0.29, 0.717) is 5.56 Å². The maximum absolute atomic E-state index is 14.2. The summed E-state index contributed by atoms with van der Waals surface area (Å²) in [6.07, 6.45) is -1.16. The topological polar surface area (TPSA) is 72.8 Å². The molecule has 0 aromatic heterocycles. The predicted molar refractivity (Wildman–Crippen MR) is 184 cm³/mol. The maximum Gasteiger partial charge on any atom is 0.331 e. The Hall–Kier alpha value is -3.35. The van der Waals surface area contributed by atoms with Gasteiger partial charge in [-0.1, -0.05) is 105 Å². The molecule has 4 aromatic rings. The molecule has 0 radical (unpaired) electrons. The Morgan fingerprint density at radius 1 is 0.889 bits per heavy atom. The molecule has 0 saturated heterocycles. The van der Waals surface area contributed by atoms with Crippen LogP contribution in [0.1, 0.15) is 43.0 Å². The predicted octanol–water partition coefficient (Wildman–Crippen LogP) is 7.51. The summed E-state index contributed by atoms with van der Waals surface area (Å²) < 4.78 is 41.2. The molecule has 5 nitrogen and oxygen atoms in total. The summed E-state index contributed by atoms with van der Waals surface area (Å²) in [5, 5.41) is 12.5. The van der Waals surface area contributed by atoms with Gasteiger partial charge in [-0.3, -0.25) is 4.57 Å². The highest BCUT2D eigenvalue weighted by Crippen LogP contribution is 2.50. The van der Waals surface area contributed by atoms with Crippen molar-refractivity contribution in [3.8, 4) is 11.1 Å². The summed E-state index contributed by atoms with van der Waals surface area (Å²) >= 11 is 0. The highest BCUT2D eigenvalue weighted by Gasteiger charge is 2.43. The van der Waals surface area contributed by atoms with E-state index >= 15 is 0 Å². The molecule has 0 saturated carbocycles. The van der Waals surface area contributed by atoms with Crippen molar-refractivity contribution in [2.24, 2.45) is 11.3 Å². The monoisotopic (exact) mass is 646 g/mol. The third-order valence-electron chi connectivity index (χ3n) is 8.31. The normalized spacial score (nSPS) is 14.6. The highest BCUT2D eigenvalue weighted by atomic mass is 31.2. The average molecular weight is 647 g/mol. The van der Waals surface area contributed by atoms with Crippen molar-refractivity contribution in [1.29, 1.82) is 0 Å². The molecule has 0 aliphatic carbocycles. The molecule has 0 heterocycles. The van der Waals surface area contributed by atoms with Crippen LogP contribution < -0.4 is 10.4 Å². The van der Waals surface area contributed by atoms with E-state index in [0.717, 1.165) is 38.2 Å². The molecule has 2 unspecified atom stereocenters. The van der Waals surface area contributed by atoms with Gasteiger partial charge < -0.3 is 14.1 Å². The van der Waals surface area contributed by atoms with Gasteiger partial charge in [0.1, 0.15) is 11.9 Å². The second-order valence-electron chi connectivity index (χ2n) is 13.1. The number of carbonyl (C=O) groups is 1. The molecule has 8 heteroatoms. The Morgan fingerprint density at radius 3 is 1.98 bits per heavy atom. The fraction of sp³-hybridized carbons (Fsp3) is 0.324. The van der Waals surface area contributed by atoms with Crippen molar-refractivity contribution in [2.75, 3.05) is 12.8 Å². The molecular weight excluding hydrogens is 602 g/mol. The molecule has 4 rings (SSSR count). The molecule has 0 bridgehead atoms. The Morgan fingerprint density at radius 2 is 1.47 bits per heavy atom. The molecule has 0 fully saturated rings. The van der Waals surface area contributed by atoms with Crippen LogP contribution in [0.3, 0.4) is 0 Å². The van der Waals surface area contributed by atoms with Crippen molar-refractivity contribution in [3.63, 3.8) is 0 Å². The van der Waals surface area contributed by atoms with Gasteiger partial charge in [-0.2, -0.15) is 0 Å². The number of hydrogen-bond acceptors (Lipinski definition) is 4. The van der Waals surface area contributed by atoms with E-state index < -0.39 is 39.8 Å². The van der Waals surface area contributed by atoms with Crippen LogP contribution in [0.4, 0.5) is 4.39 Å². The van der Waals surface area contributed by atoms with Gasteiger partial charge in [-0.15, -0.1) is 0 Å². The standard InChI is InChI=1S/C37H44FO5PSi/c1-25-20-26(2)32(31(21-25)28-18-19-34(38)27(3)22-28)23-42-44(7,41)24-33(37(4,5)6)35(36(39)40)43-45(29-14-10-8-11-15-29)30-16-12-9-13-17-30/h8-22,33,35,45H,23-24H2,1-7H3,(H,39,40)/t33-,35?,44?/m1/s1. The van der Waals surface area contributed by atoms with E-state index in [9.17, 15) is 18.9 Å². The van der Waals surface area contributed by atoms with Crippen LogP contribution in [0.5, 0.6) is 0 Å². The van der Waals surface area contributed by atoms with Crippen molar-refractivity contribution < 1.29 is 27.8 Å². The van der Waals surface area contributed by atoms with E-state index in [2.05, 4.69) is 0 Å². The zero-order chi connectivity index (χ0) is 32.9. The van der Waals surface area contributed by atoms with Crippen molar-refractivity contribution in [1.82, 2.24) is 0 Å². The number of rotatable bonds is 12. The average Bonchev–Trinajstić information content (AvgIpc) is 2.97. The zero-order valence-electron chi connectivity index (χ0n) is 27.2. The summed E-state index contributed by atoms with van der Waals surface area (Å²) in [5.74, 6) is -1.96. The molecule has 3 atom stereocenters. The molecule has 4 aromatic carbocycles. The molecular formula is C37H44FO5PSi. The Bertz CT molecular complexity index is 1630. The Kier molecular flexibility index (Phi) is 11.0. The van der Waals surface area contributed by atoms with E-state index in [1.807, 2.05) is 113 Å². The van der Waals surface area contributed by atoms with Crippen LogP contribution in [0.2, 0.25) is 0 Å². The lowest BCUT2D eigenvalue weighted by molar-refractivity contribution is -0.149. The van der Waals surface area contributed by atoms with Crippen LogP contribution >= 0.6 is 7.37 Å². The van der Waals surface area contributed by atoms with Crippen LogP contribution in [-0.4, -0.2) is 39.0 Å². The van der Waals surface area contributed by atoms with Gasteiger partial charge in [0.2, 0.25) is 16.4 Å². The second kappa shape index (κ2) is 14.4. The first-order valence-electron chi connectivity index (χ1n) is 15.2. The van der Waals surface area contributed by atoms with E-state index in [-0.39, 0.29) is 18.6 Å². The van der Waals surface area contributed by atoms with Crippen LogP contribution in [0.15, 0.2) is 91.0 Å². The minimum absolute atomic E-state index is 0.0358. The molecule has 0 aliphatic heterocycles. The summed E-state index contributed by atoms with van der Waals surface area (Å²) in [6, 6.07) is 28.6. The molecule has 0 aliphatic rings. The van der Waals surface area contributed by atoms with Crippen molar-refractivity contribution >= 4 is 32.8 Å². The SMILES string of the molecule is Cc1cc(C)c(COP(C)(=O)C[C@H](C(O[SiH](c2ccccc2)c2ccccc2)C(=O)O)C(C)(C)C)c(-c2ccc(F)c(C)c2)c1. The lowest BCUT2D eigenvalue weighted by Crippen LogP contribution is -2.52. The number of hydrogen-bond donors (Lipinski definition) is 1. The summed E-state index contributed by atoms with van der Waals surface area (Å²) in [4.78, 5) is 12.9. The van der Waals surface area contributed by atoms with Gasteiger partial charge in [0.15, 0.2) is 0 Å². The largest absolute Gasteiger partial charge is 0.479 e. The van der Waals surface area contributed by atoms with E-state index in [4.69, 9.17) is 8.95 Å². The lowest BCUT2D eigenvalue weighted by Gasteiger charge is -2.38. The molecule has 0 amide bonds. The van der Waals surface area contributed by atoms with E-state index in [1.165, 1.54) is 6.07 Å². The van der Waals surface area contributed by atoms with Gasteiger partial charge in [0.25, 0.3) is 0 Å². The fourth-order valence-electron chi connectivity index (χ4n) is 5.77. The van der Waals surface area contributed by atoms with Crippen LogP contribution in [-0.2, 0) is 24.9 Å². The number of benzene rings is 4. The van der Waals surface area contributed by atoms with Gasteiger partial charge in [0.05, 0.1) is 6.61 Å². The van der Waals surface area contributed by atoms with Gasteiger partial charge >= 0.3 is 5.97 Å². The molecule has 1 N–H and O–H groups in total. The van der Waals surface area contributed by atoms with Gasteiger partial charge in [-0.05, 0) is 76.5 Å². The number of halogens is 1. The fourth-order valence-corrected chi connectivity index (χ4v) is 10.2. The maximum atomic E-state index is 14.2. The quantitative estimate of drug-likeness (QED) is 0.127. The van der Waals surface area contributed by atoms with Crippen molar-refractivity contribution in [3.05, 3.63) is 119 Å². The first kappa shape index (κ1) is 34.5. The zero-order valence-corrected chi connectivity index (χ0v) is 29.3. The third kappa shape index (κ3) is 8.89. The highest BCUT2D eigenvalue weighted by molar-refractivity contribution is 7.58. The second-order valence-corrected chi connectivity index (χ2v) is 18.1. The number of aryl methyl sites for hydroxylation is 3. The number of carboxylic acids is 1. The molecule has 45 heavy (non-hydrogen) atoms. The van der Waals surface area contributed by atoms with E-state index in [1.54, 1.807) is 19.7 Å². The lowest BCUT2D eigenvalue weighted by atomic mass is 9.78. The first-order chi connectivity index (χ1) is 21.2. The number of aliphatic carboxylic acids is 1. The molecule has 238 valence electrons. The smallest absolute Gasteiger partial charge is 0.331 e. The Balaban J connectivity index is 1.64. The first-order valence-corrected chi connectivity index (χ1v) is 19.1. The summed E-state index contributed by atoms with van der Waals surface area (Å²) in [6.45, 7) is 13.2. The molecule has 0 spiro atoms. The van der Waals surface area contributed by atoms with Crippen LogP contribution in [0.25, 0.3) is 11.1 Å². The minimum Gasteiger partial charge on any atom is -0.479 e. The van der Waals surface area contributed by atoms with Gasteiger partial charge in [0, 0.05) is 18.7 Å². The Labute approximate surface area is 268 Å². The van der Waals surface area contributed by atoms with Crippen molar-refractivity contribution in [2.45, 2.75) is 54.3 Å².